The van der Waals surface area contributed by atoms with Crippen LogP contribution in [0.2, 0.25) is 0 Å². The molecule has 0 amide bonds. The fourth-order valence-corrected chi connectivity index (χ4v) is 2.57. The third-order valence-corrected chi connectivity index (χ3v) is 3.72. The number of rotatable bonds is 2. The smallest absolute Gasteiger partial charge is 0.370 e. The molecule has 1 aliphatic rings. The summed E-state index contributed by atoms with van der Waals surface area (Å²) < 4.78 is 38.3. The highest BCUT2D eigenvalue weighted by molar-refractivity contribution is 5.71. The first-order chi connectivity index (χ1) is 10.5. The van der Waals surface area contributed by atoms with Crippen LogP contribution in [0.5, 0.6) is 0 Å². The van der Waals surface area contributed by atoms with Crippen molar-refractivity contribution in [3.8, 4) is 11.3 Å². The largest absolute Gasteiger partial charge is 0.416 e. The number of pyridine rings is 1. The number of halogens is 3. The minimum atomic E-state index is -4.38. The lowest BCUT2D eigenvalue weighted by Gasteiger charge is -2.22. The van der Waals surface area contributed by atoms with Crippen LogP contribution in [0.1, 0.15) is 23.5 Å². The number of fused-ring (bicyclic) bond motifs is 1. The number of hydrogen-bond acceptors (Lipinski definition) is 3. The molecule has 0 aliphatic carbocycles. The fourth-order valence-electron chi connectivity index (χ4n) is 2.57. The molecule has 0 bridgehead atoms. The Kier molecular flexibility index (Phi) is 3.60. The predicted molar refractivity (Wildman–Crippen MR) is 76.6 cm³/mol. The molecule has 0 radical (unpaired) electrons. The van der Waals surface area contributed by atoms with Gasteiger partial charge in [-0.25, -0.2) is 4.98 Å². The van der Waals surface area contributed by atoms with Gasteiger partial charge in [0.05, 0.1) is 11.3 Å². The molecule has 114 valence electrons. The van der Waals surface area contributed by atoms with E-state index >= 15 is 0 Å². The molecule has 1 atom stereocenters. The highest BCUT2D eigenvalue weighted by Crippen LogP contribution is 2.34. The number of anilines is 1. The molecule has 1 aromatic heterocycles. The van der Waals surface area contributed by atoms with E-state index < -0.39 is 11.7 Å². The summed E-state index contributed by atoms with van der Waals surface area (Å²) in [7, 11) is 0. The Labute approximate surface area is 125 Å². The van der Waals surface area contributed by atoms with Gasteiger partial charge in [-0.1, -0.05) is 18.2 Å². The Morgan fingerprint density at radius 1 is 1.23 bits per heavy atom. The van der Waals surface area contributed by atoms with Crippen LogP contribution < -0.4 is 5.32 Å². The van der Waals surface area contributed by atoms with E-state index in [1.165, 1.54) is 6.07 Å². The summed E-state index contributed by atoms with van der Waals surface area (Å²) in [5.41, 5.74) is 0.928. The third-order valence-electron chi connectivity index (χ3n) is 3.72. The van der Waals surface area contributed by atoms with Gasteiger partial charge >= 0.3 is 6.18 Å². The summed E-state index contributed by atoms with van der Waals surface area (Å²) in [5.74, 6) is 0.359. The maximum atomic E-state index is 12.8. The van der Waals surface area contributed by atoms with E-state index in [1.807, 2.05) is 0 Å². The molecule has 1 unspecified atom stereocenters. The average molecular weight is 306 g/mol. The Hall–Kier alpha value is -2.37. The molecule has 2 heterocycles. The minimum absolute atomic E-state index is 0.209. The number of nitrogens with one attached hydrogen (secondary N) is 1. The molecule has 0 saturated carbocycles. The SMILES string of the molecule is O=CC1CCNc2nc(-c3cccc(C(F)(F)F)c3)ccc21. The highest BCUT2D eigenvalue weighted by Gasteiger charge is 2.30. The van der Waals surface area contributed by atoms with Gasteiger partial charge in [-0.3, -0.25) is 0 Å². The molecule has 1 aliphatic heterocycles. The maximum Gasteiger partial charge on any atom is 0.416 e. The quantitative estimate of drug-likeness (QED) is 0.857. The van der Waals surface area contributed by atoms with Gasteiger partial charge in [0, 0.05) is 23.6 Å². The third kappa shape index (κ3) is 2.68. The zero-order chi connectivity index (χ0) is 15.7. The van der Waals surface area contributed by atoms with E-state index in [-0.39, 0.29) is 5.92 Å². The molecule has 0 spiro atoms. The summed E-state index contributed by atoms with van der Waals surface area (Å²) in [6.45, 7) is 0.620. The number of carbonyl (C=O) groups is 1. The van der Waals surface area contributed by atoms with Crippen LogP contribution in [-0.4, -0.2) is 17.8 Å². The lowest BCUT2D eigenvalue weighted by atomic mass is 9.94. The van der Waals surface area contributed by atoms with Crippen molar-refractivity contribution in [2.75, 3.05) is 11.9 Å². The van der Waals surface area contributed by atoms with Crippen LogP contribution in [0.3, 0.4) is 0 Å². The number of nitrogens with zero attached hydrogens (tertiary/aromatic N) is 1. The van der Waals surface area contributed by atoms with Gasteiger partial charge < -0.3 is 10.1 Å². The number of hydrogen-bond donors (Lipinski definition) is 1. The van der Waals surface area contributed by atoms with Crippen LogP contribution in [0.4, 0.5) is 19.0 Å². The van der Waals surface area contributed by atoms with E-state index in [0.717, 1.165) is 24.0 Å². The van der Waals surface area contributed by atoms with Crippen molar-refractivity contribution in [3.05, 3.63) is 47.5 Å². The van der Waals surface area contributed by atoms with Gasteiger partial charge in [0.15, 0.2) is 0 Å². The van der Waals surface area contributed by atoms with Gasteiger partial charge in [-0.05, 0) is 24.6 Å². The van der Waals surface area contributed by atoms with Crippen molar-refractivity contribution in [2.45, 2.75) is 18.5 Å². The lowest BCUT2D eigenvalue weighted by Crippen LogP contribution is -2.19. The molecule has 6 heteroatoms. The maximum absolute atomic E-state index is 12.8. The Morgan fingerprint density at radius 2 is 2.05 bits per heavy atom. The van der Waals surface area contributed by atoms with Gasteiger partial charge in [0.25, 0.3) is 0 Å². The second-order valence-electron chi connectivity index (χ2n) is 5.17. The number of carbonyl (C=O) groups excluding carboxylic acids is 1. The monoisotopic (exact) mass is 306 g/mol. The van der Waals surface area contributed by atoms with E-state index in [2.05, 4.69) is 10.3 Å². The lowest BCUT2D eigenvalue weighted by molar-refractivity contribution is -0.137. The number of aldehydes is 1. The van der Waals surface area contributed by atoms with Crippen LogP contribution in [0.15, 0.2) is 36.4 Å². The van der Waals surface area contributed by atoms with Crippen molar-refractivity contribution in [1.82, 2.24) is 4.98 Å². The second kappa shape index (κ2) is 5.44. The molecule has 22 heavy (non-hydrogen) atoms. The van der Waals surface area contributed by atoms with Gasteiger partial charge in [-0.2, -0.15) is 13.2 Å². The van der Waals surface area contributed by atoms with Gasteiger partial charge in [0.2, 0.25) is 0 Å². The van der Waals surface area contributed by atoms with Crippen LogP contribution in [0, 0.1) is 0 Å². The van der Waals surface area contributed by atoms with Crippen molar-refractivity contribution in [2.24, 2.45) is 0 Å². The topological polar surface area (TPSA) is 42.0 Å². The molecule has 0 fully saturated rings. The van der Waals surface area contributed by atoms with Gasteiger partial charge in [-0.15, -0.1) is 0 Å². The normalized spacial score (nSPS) is 17.5. The summed E-state index contributed by atoms with van der Waals surface area (Å²) in [6, 6.07) is 8.46. The van der Waals surface area contributed by atoms with Crippen LogP contribution >= 0.6 is 0 Å². The van der Waals surface area contributed by atoms with E-state index in [9.17, 15) is 18.0 Å². The number of aromatic nitrogens is 1. The zero-order valence-electron chi connectivity index (χ0n) is 11.5. The van der Waals surface area contributed by atoms with Crippen LogP contribution in [-0.2, 0) is 11.0 Å². The molecule has 3 nitrogen and oxygen atoms in total. The fraction of sp³-hybridized carbons (Fsp3) is 0.250. The van der Waals surface area contributed by atoms with E-state index in [0.29, 0.717) is 30.0 Å². The summed E-state index contributed by atoms with van der Waals surface area (Å²) >= 11 is 0. The summed E-state index contributed by atoms with van der Waals surface area (Å²) in [6.07, 6.45) is -2.81. The Morgan fingerprint density at radius 3 is 2.77 bits per heavy atom. The van der Waals surface area contributed by atoms with E-state index in [1.54, 1.807) is 18.2 Å². The van der Waals surface area contributed by atoms with Crippen molar-refractivity contribution in [3.63, 3.8) is 0 Å². The summed E-state index contributed by atoms with van der Waals surface area (Å²) in [5, 5.41) is 3.09. The predicted octanol–water partition coefficient (Wildman–Crippen LogP) is 3.87. The molecular formula is C16H13F3N2O. The molecule has 3 rings (SSSR count). The second-order valence-corrected chi connectivity index (χ2v) is 5.17. The number of benzene rings is 1. The first kappa shape index (κ1) is 14.6. The molecule has 2 aromatic rings. The Bertz CT molecular complexity index is 713. The first-order valence-corrected chi connectivity index (χ1v) is 6.87. The van der Waals surface area contributed by atoms with Crippen molar-refractivity contribution < 1.29 is 18.0 Å². The zero-order valence-corrected chi connectivity index (χ0v) is 11.5. The number of alkyl halides is 3. The molecule has 0 saturated heterocycles. The standard InChI is InChI=1S/C16H13F3N2O/c17-16(18,19)12-3-1-2-10(8-12)14-5-4-13-11(9-22)6-7-20-15(13)21-14/h1-5,8-9,11H,6-7H2,(H,20,21). The molecule has 1 N–H and O–H groups in total. The Balaban J connectivity index is 2.01. The average Bonchev–Trinajstić information content (AvgIpc) is 2.53. The summed E-state index contributed by atoms with van der Waals surface area (Å²) in [4.78, 5) is 15.4. The van der Waals surface area contributed by atoms with E-state index in [4.69, 9.17) is 0 Å². The highest BCUT2D eigenvalue weighted by atomic mass is 19.4. The minimum Gasteiger partial charge on any atom is -0.370 e. The molecule has 1 aromatic carbocycles. The first-order valence-electron chi connectivity index (χ1n) is 6.87. The van der Waals surface area contributed by atoms with Crippen molar-refractivity contribution in [1.29, 1.82) is 0 Å². The molecular weight excluding hydrogens is 293 g/mol. The van der Waals surface area contributed by atoms with Crippen LogP contribution in [0.25, 0.3) is 11.3 Å². The van der Waals surface area contributed by atoms with Gasteiger partial charge in [0.1, 0.15) is 12.1 Å². The van der Waals surface area contributed by atoms with Crippen molar-refractivity contribution >= 4 is 12.1 Å².